The summed E-state index contributed by atoms with van der Waals surface area (Å²) in [6.07, 6.45) is 1.77. The number of aryl methyl sites for hydroxylation is 1. The van der Waals surface area contributed by atoms with Crippen molar-refractivity contribution in [2.24, 2.45) is 11.8 Å². The monoisotopic (exact) mass is 393 g/mol. The molecule has 0 saturated carbocycles. The van der Waals surface area contributed by atoms with Crippen LogP contribution in [0.1, 0.15) is 54.7 Å². The average molecular weight is 394 g/mol. The number of Topliss-reactive ketones (excluding diaryl/α,β-unsaturated/α-hetero) is 1. The van der Waals surface area contributed by atoms with E-state index in [0.717, 1.165) is 24.2 Å². The third-order valence-electron chi connectivity index (χ3n) is 4.95. The minimum atomic E-state index is -0.123. The molecule has 0 radical (unpaired) electrons. The van der Waals surface area contributed by atoms with Gasteiger partial charge in [-0.2, -0.15) is 0 Å². The molecule has 3 rings (SSSR count). The molecule has 1 aliphatic rings. The van der Waals surface area contributed by atoms with E-state index < -0.39 is 0 Å². The predicted molar refractivity (Wildman–Crippen MR) is 117 cm³/mol. The molecule has 0 unspecified atom stereocenters. The Morgan fingerprint density at radius 1 is 1.07 bits per heavy atom. The number of fused-ring (bicyclic) bond motifs is 1. The number of ketones is 1. The molecular formula is C25H31NO3. The molecule has 4 heteroatoms. The first kappa shape index (κ1) is 21.1. The number of aromatic hydroxyl groups is 1. The second kappa shape index (κ2) is 8.83. The van der Waals surface area contributed by atoms with Crippen molar-refractivity contribution >= 4 is 11.9 Å². The van der Waals surface area contributed by atoms with Gasteiger partial charge in [-0.15, -0.1) is 0 Å². The van der Waals surface area contributed by atoms with Gasteiger partial charge in [-0.25, -0.2) is 0 Å². The zero-order chi connectivity index (χ0) is 21.1. The lowest BCUT2D eigenvalue weighted by Gasteiger charge is -2.27. The maximum absolute atomic E-state index is 13.0. The summed E-state index contributed by atoms with van der Waals surface area (Å²) in [6.45, 7) is 13.0. The van der Waals surface area contributed by atoms with Gasteiger partial charge in [0.05, 0.1) is 11.1 Å². The highest BCUT2D eigenvalue weighted by Gasteiger charge is 2.33. The van der Waals surface area contributed by atoms with Crippen molar-refractivity contribution in [3.63, 3.8) is 0 Å². The summed E-state index contributed by atoms with van der Waals surface area (Å²) in [5, 5.41) is 10.7. The number of phenols is 1. The van der Waals surface area contributed by atoms with Gasteiger partial charge < -0.3 is 9.84 Å². The second-order valence-corrected chi connectivity index (χ2v) is 8.73. The number of carbonyl (C=O) groups is 1. The molecule has 0 amide bonds. The summed E-state index contributed by atoms with van der Waals surface area (Å²) in [4.78, 5) is 15.4. The molecule has 0 bridgehead atoms. The quantitative estimate of drug-likeness (QED) is 0.637. The minimum absolute atomic E-state index is 0.123. The zero-order valence-corrected chi connectivity index (χ0v) is 18.0. The summed E-state index contributed by atoms with van der Waals surface area (Å²) >= 11 is 0. The third-order valence-corrected chi connectivity index (χ3v) is 4.95. The number of phenolic OH excluding ortho intramolecular Hbond substituents is 1. The molecule has 0 aromatic heterocycles. The van der Waals surface area contributed by atoms with Gasteiger partial charge in [0, 0.05) is 19.6 Å². The highest BCUT2D eigenvalue weighted by molar-refractivity contribution is 6.15. The van der Waals surface area contributed by atoms with E-state index in [1.807, 2.05) is 37.3 Å². The van der Waals surface area contributed by atoms with E-state index in [2.05, 4.69) is 32.6 Å². The molecule has 0 spiro atoms. The number of carbonyl (C=O) groups excluding carboxylic acids is 1. The van der Waals surface area contributed by atoms with Gasteiger partial charge >= 0.3 is 0 Å². The lowest BCUT2D eigenvalue weighted by Crippen LogP contribution is -2.31. The SMILES string of the molecule is Cc1cc(O)c(CN(CC(C)C)CC(C)C)c2c1C(=O)/C(=C\c1ccccc1)O2. The fourth-order valence-corrected chi connectivity index (χ4v) is 3.89. The molecule has 0 saturated heterocycles. The summed E-state index contributed by atoms with van der Waals surface area (Å²) in [6, 6.07) is 11.3. The van der Waals surface area contributed by atoms with Crippen molar-refractivity contribution in [1.29, 1.82) is 0 Å². The molecule has 4 nitrogen and oxygen atoms in total. The van der Waals surface area contributed by atoms with Gasteiger partial charge in [-0.3, -0.25) is 9.69 Å². The Hall–Kier alpha value is -2.59. The van der Waals surface area contributed by atoms with Crippen LogP contribution in [0.3, 0.4) is 0 Å². The van der Waals surface area contributed by atoms with E-state index in [9.17, 15) is 9.90 Å². The Labute approximate surface area is 173 Å². The number of rotatable bonds is 7. The minimum Gasteiger partial charge on any atom is -0.507 e. The maximum Gasteiger partial charge on any atom is 0.232 e. The van der Waals surface area contributed by atoms with Crippen LogP contribution in [-0.2, 0) is 6.54 Å². The van der Waals surface area contributed by atoms with E-state index in [-0.39, 0.29) is 11.5 Å². The predicted octanol–water partition coefficient (Wildman–Crippen LogP) is 5.43. The van der Waals surface area contributed by atoms with Gasteiger partial charge in [0.25, 0.3) is 0 Å². The molecule has 1 N–H and O–H groups in total. The van der Waals surface area contributed by atoms with E-state index in [0.29, 0.717) is 41.0 Å². The van der Waals surface area contributed by atoms with Crippen LogP contribution in [-0.4, -0.2) is 28.9 Å². The molecule has 2 aromatic rings. The normalized spacial score (nSPS) is 14.9. The third kappa shape index (κ3) is 4.88. The Morgan fingerprint density at radius 2 is 1.69 bits per heavy atom. The van der Waals surface area contributed by atoms with Crippen LogP contribution in [0, 0.1) is 18.8 Å². The number of hydrogen-bond acceptors (Lipinski definition) is 4. The highest BCUT2D eigenvalue weighted by atomic mass is 16.5. The number of ether oxygens (including phenoxy) is 1. The summed E-state index contributed by atoms with van der Waals surface area (Å²) in [5.74, 6) is 1.89. The topological polar surface area (TPSA) is 49.8 Å². The standard InChI is InChI=1S/C25H31NO3/c1-16(2)13-26(14-17(3)4)15-20-21(27)11-18(5)23-24(28)22(29-25(20)23)12-19-9-7-6-8-10-19/h6-12,16-17,27H,13-15H2,1-5H3/b22-12+. The molecule has 154 valence electrons. The first-order valence-electron chi connectivity index (χ1n) is 10.3. The average Bonchev–Trinajstić information content (AvgIpc) is 2.95. The Bertz CT molecular complexity index is 903. The van der Waals surface area contributed by atoms with Crippen LogP contribution < -0.4 is 4.74 Å². The lowest BCUT2D eigenvalue weighted by molar-refractivity contribution is 0.101. The molecule has 2 aromatic carbocycles. The van der Waals surface area contributed by atoms with E-state index >= 15 is 0 Å². The van der Waals surface area contributed by atoms with Crippen molar-refractivity contribution in [1.82, 2.24) is 4.90 Å². The fourth-order valence-electron chi connectivity index (χ4n) is 3.89. The maximum atomic E-state index is 13.0. The molecule has 1 heterocycles. The van der Waals surface area contributed by atoms with Crippen molar-refractivity contribution in [3.05, 3.63) is 64.4 Å². The van der Waals surface area contributed by atoms with Crippen LogP contribution in [0.4, 0.5) is 0 Å². The Balaban J connectivity index is 1.98. The molecule has 0 fully saturated rings. The number of hydrogen-bond donors (Lipinski definition) is 1. The summed E-state index contributed by atoms with van der Waals surface area (Å²) < 4.78 is 6.05. The van der Waals surface area contributed by atoms with E-state index in [1.165, 1.54) is 0 Å². The molecule has 0 aliphatic carbocycles. The largest absolute Gasteiger partial charge is 0.507 e. The van der Waals surface area contributed by atoms with Crippen molar-refractivity contribution in [2.45, 2.75) is 41.2 Å². The first-order valence-corrected chi connectivity index (χ1v) is 10.3. The van der Waals surface area contributed by atoms with E-state index in [1.54, 1.807) is 12.1 Å². The Morgan fingerprint density at radius 3 is 2.28 bits per heavy atom. The van der Waals surface area contributed by atoms with Gasteiger partial charge in [0.15, 0.2) is 5.76 Å². The first-order chi connectivity index (χ1) is 13.8. The smallest absolute Gasteiger partial charge is 0.232 e. The van der Waals surface area contributed by atoms with Crippen LogP contribution >= 0.6 is 0 Å². The van der Waals surface area contributed by atoms with Gasteiger partial charge in [-0.1, -0.05) is 58.0 Å². The van der Waals surface area contributed by atoms with Crippen molar-refractivity contribution in [3.8, 4) is 11.5 Å². The van der Waals surface area contributed by atoms with Gasteiger partial charge in [-0.05, 0) is 42.0 Å². The molecule has 0 atom stereocenters. The van der Waals surface area contributed by atoms with E-state index in [4.69, 9.17) is 4.74 Å². The number of benzene rings is 2. The van der Waals surface area contributed by atoms with Crippen LogP contribution in [0.25, 0.3) is 6.08 Å². The van der Waals surface area contributed by atoms with Crippen LogP contribution in [0.5, 0.6) is 11.5 Å². The fraction of sp³-hybridized carbons (Fsp3) is 0.400. The molecular weight excluding hydrogens is 362 g/mol. The second-order valence-electron chi connectivity index (χ2n) is 8.73. The summed E-state index contributed by atoms with van der Waals surface area (Å²) in [7, 11) is 0. The van der Waals surface area contributed by atoms with Crippen molar-refractivity contribution in [2.75, 3.05) is 13.1 Å². The lowest BCUT2D eigenvalue weighted by atomic mass is 9.98. The van der Waals surface area contributed by atoms with Gasteiger partial charge in [0.1, 0.15) is 11.5 Å². The van der Waals surface area contributed by atoms with Gasteiger partial charge in [0.2, 0.25) is 5.78 Å². The van der Waals surface area contributed by atoms with Crippen LogP contribution in [0.15, 0.2) is 42.2 Å². The number of allylic oxidation sites excluding steroid dienone is 1. The Kier molecular flexibility index (Phi) is 6.43. The molecule has 1 aliphatic heterocycles. The zero-order valence-electron chi connectivity index (χ0n) is 18.0. The van der Waals surface area contributed by atoms with Crippen LogP contribution in [0.2, 0.25) is 0 Å². The summed E-state index contributed by atoms with van der Waals surface area (Å²) in [5.41, 5.74) is 2.90. The van der Waals surface area contributed by atoms with Crippen molar-refractivity contribution < 1.29 is 14.6 Å². The molecule has 29 heavy (non-hydrogen) atoms. The number of nitrogens with zero attached hydrogens (tertiary/aromatic N) is 1. The highest BCUT2D eigenvalue weighted by Crippen LogP contribution is 2.42.